The van der Waals surface area contributed by atoms with E-state index in [0.717, 1.165) is 5.69 Å². The van der Waals surface area contributed by atoms with E-state index in [2.05, 4.69) is 9.72 Å². The summed E-state index contributed by atoms with van der Waals surface area (Å²) in [6, 6.07) is 0. The molecule has 0 radical (unpaired) electrons. The van der Waals surface area contributed by atoms with Gasteiger partial charge in [0.1, 0.15) is 10.8 Å². The number of esters is 1. The molecular weight excluding hydrogens is 262 g/mol. The van der Waals surface area contributed by atoms with E-state index >= 15 is 0 Å². The number of sulfone groups is 1. The van der Waals surface area contributed by atoms with Crippen LogP contribution in [0.15, 0.2) is 5.38 Å². The lowest BCUT2D eigenvalue weighted by atomic mass is 10.3. The summed E-state index contributed by atoms with van der Waals surface area (Å²) in [4.78, 5) is 15.1. The Labute approximate surface area is 105 Å². The van der Waals surface area contributed by atoms with Crippen LogP contribution in [0.4, 0.5) is 0 Å². The highest BCUT2D eigenvalue weighted by Gasteiger charge is 2.25. The number of thiazole rings is 1. The summed E-state index contributed by atoms with van der Waals surface area (Å²) in [5, 5.41) is 1.61. The normalized spacial score (nSPS) is 13.4. The Morgan fingerprint density at radius 1 is 1.59 bits per heavy atom. The van der Waals surface area contributed by atoms with E-state index in [4.69, 9.17) is 0 Å². The second-order valence-electron chi connectivity index (χ2n) is 3.78. The molecule has 0 bridgehead atoms. The van der Waals surface area contributed by atoms with Gasteiger partial charge in [-0.05, 0) is 13.8 Å². The molecule has 0 aromatic carbocycles. The van der Waals surface area contributed by atoms with Gasteiger partial charge in [0, 0.05) is 11.1 Å². The van der Waals surface area contributed by atoms with Crippen molar-refractivity contribution in [2.75, 3.05) is 7.11 Å². The molecule has 17 heavy (non-hydrogen) atoms. The second-order valence-corrected chi connectivity index (χ2v) is 7.14. The number of aromatic nitrogens is 1. The van der Waals surface area contributed by atoms with Crippen LogP contribution >= 0.6 is 11.3 Å². The van der Waals surface area contributed by atoms with E-state index in [1.165, 1.54) is 25.4 Å². The minimum absolute atomic E-state index is 0.121. The Hall–Kier alpha value is -0.950. The lowest BCUT2D eigenvalue weighted by molar-refractivity contribution is -0.140. The summed E-state index contributed by atoms with van der Waals surface area (Å²) in [5.74, 6) is -0.639. The molecule has 1 rings (SSSR count). The molecular formula is C10H15NO4S2. The van der Waals surface area contributed by atoms with Crippen LogP contribution < -0.4 is 0 Å². The zero-order valence-electron chi connectivity index (χ0n) is 9.97. The Morgan fingerprint density at radius 3 is 2.71 bits per heavy atom. The highest BCUT2D eigenvalue weighted by Crippen LogP contribution is 2.17. The summed E-state index contributed by atoms with van der Waals surface area (Å²) in [7, 11) is -2.12. The number of methoxy groups -OCH3 is 1. The Morgan fingerprint density at radius 2 is 2.24 bits per heavy atom. The van der Waals surface area contributed by atoms with Gasteiger partial charge in [0.15, 0.2) is 9.84 Å². The topological polar surface area (TPSA) is 73.3 Å². The lowest BCUT2D eigenvalue weighted by Crippen LogP contribution is -2.23. The van der Waals surface area contributed by atoms with Crippen LogP contribution in [0.3, 0.4) is 0 Å². The Kier molecular flexibility index (Phi) is 4.64. The van der Waals surface area contributed by atoms with Crippen molar-refractivity contribution in [1.29, 1.82) is 0 Å². The molecule has 1 heterocycles. The standard InChI is InChI=1S/C10H15NO4S2/c1-7-5-16-9(11-7)6-17(13,14)8(2)4-10(12)15-3/h5,8H,4,6H2,1-3H3. The van der Waals surface area contributed by atoms with E-state index in [-0.39, 0.29) is 12.2 Å². The number of aryl methyl sites for hydroxylation is 1. The van der Waals surface area contributed by atoms with Crippen molar-refractivity contribution < 1.29 is 17.9 Å². The van der Waals surface area contributed by atoms with Crippen molar-refractivity contribution in [3.05, 3.63) is 16.1 Å². The van der Waals surface area contributed by atoms with Gasteiger partial charge < -0.3 is 4.74 Å². The van der Waals surface area contributed by atoms with Gasteiger partial charge in [0.2, 0.25) is 0 Å². The third kappa shape index (κ3) is 4.08. The van der Waals surface area contributed by atoms with Crippen LogP contribution in [0.25, 0.3) is 0 Å². The largest absolute Gasteiger partial charge is 0.469 e. The average Bonchev–Trinajstić information content (AvgIpc) is 2.62. The maximum Gasteiger partial charge on any atom is 0.306 e. The van der Waals surface area contributed by atoms with Crippen molar-refractivity contribution in [1.82, 2.24) is 4.98 Å². The molecule has 1 aromatic heterocycles. The fourth-order valence-corrected chi connectivity index (χ4v) is 3.63. The average molecular weight is 277 g/mol. The molecule has 5 nitrogen and oxygen atoms in total. The first kappa shape index (κ1) is 14.1. The Bertz CT molecular complexity index is 492. The highest BCUT2D eigenvalue weighted by atomic mass is 32.2. The van der Waals surface area contributed by atoms with Crippen LogP contribution in [0.1, 0.15) is 24.0 Å². The third-order valence-electron chi connectivity index (χ3n) is 2.29. The van der Waals surface area contributed by atoms with Gasteiger partial charge in [-0.15, -0.1) is 11.3 Å². The molecule has 1 atom stereocenters. The number of nitrogens with zero attached hydrogens (tertiary/aromatic N) is 1. The van der Waals surface area contributed by atoms with Crippen LogP contribution in [-0.2, 0) is 25.1 Å². The lowest BCUT2D eigenvalue weighted by Gasteiger charge is -2.10. The summed E-state index contributed by atoms with van der Waals surface area (Å²) in [6.45, 7) is 3.32. The molecule has 0 amide bonds. The van der Waals surface area contributed by atoms with Crippen molar-refractivity contribution in [3.8, 4) is 0 Å². The number of carbonyl (C=O) groups is 1. The Balaban J connectivity index is 2.71. The monoisotopic (exact) mass is 277 g/mol. The molecule has 0 saturated carbocycles. The molecule has 0 aliphatic heterocycles. The van der Waals surface area contributed by atoms with Gasteiger partial charge in [-0.1, -0.05) is 0 Å². The summed E-state index contributed by atoms with van der Waals surface area (Å²) in [5.41, 5.74) is 0.806. The van der Waals surface area contributed by atoms with Crippen molar-refractivity contribution >= 4 is 27.1 Å². The van der Waals surface area contributed by atoms with E-state index in [9.17, 15) is 13.2 Å². The summed E-state index contributed by atoms with van der Waals surface area (Å²) >= 11 is 1.31. The fraction of sp³-hybridized carbons (Fsp3) is 0.600. The van der Waals surface area contributed by atoms with Crippen molar-refractivity contribution in [2.24, 2.45) is 0 Å². The van der Waals surface area contributed by atoms with E-state index < -0.39 is 21.1 Å². The first-order valence-electron chi connectivity index (χ1n) is 5.04. The molecule has 0 spiro atoms. The number of hydrogen-bond acceptors (Lipinski definition) is 6. The molecule has 0 fully saturated rings. The molecule has 1 unspecified atom stereocenters. The first-order valence-corrected chi connectivity index (χ1v) is 7.64. The van der Waals surface area contributed by atoms with Gasteiger partial charge in [-0.2, -0.15) is 0 Å². The first-order chi connectivity index (χ1) is 7.85. The van der Waals surface area contributed by atoms with Gasteiger partial charge in [0.05, 0.1) is 18.8 Å². The molecule has 0 N–H and O–H groups in total. The zero-order valence-corrected chi connectivity index (χ0v) is 11.6. The van der Waals surface area contributed by atoms with Gasteiger partial charge in [0.25, 0.3) is 0 Å². The predicted molar refractivity (Wildman–Crippen MR) is 65.6 cm³/mol. The molecule has 96 valence electrons. The van der Waals surface area contributed by atoms with Gasteiger partial charge in [-0.25, -0.2) is 13.4 Å². The van der Waals surface area contributed by atoms with E-state index in [1.54, 1.807) is 5.38 Å². The SMILES string of the molecule is COC(=O)CC(C)S(=O)(=O)Cc1nc(C)cs1. The fourth-order valence-electron chi connectivity index (χ4n) is 1.23. The van der Waals surface area contributed by atoms with Crippen LogP contribution in [-0.4, -0.2) is 31.7 Å². The van der Waals surface area contributed by atoms with Crippen molar-refractivity contribution in [2.45, 2.75) is 31.3 Å². The van der Waals surface area contributed by atoms with E-state index in [1.807, 2.05) is 6.92 Å². The smallest absolute Gasteiger partial charge is 0.306 e. The predicted octanol–water partition coefficient (Wildman–Crippen LogP) is 1.32. The van der Waals surface area contributed by atoms with Gasteiger partial charge >= 0.3 is 5.97 Å². The summed E-state index contributed by atoms with van der Waals surface area (Å²) in [6.07, 6.45) is -0.122. The maximum absolute atomic E-state index is 11.9. The number of ether oxygens (including phenoxy) is 1. The van der Waals surface area contributed by atoms with E-state index in [0.29, 0.717) is 5.01 Å². The van der Waals surface area contributed by atoms with Gasteiger partial charge in [-0.3, -0.25) is 4.79 Å². The third-order valence-corrected chi connectivity index (χ3v) is 5.50. The van der Waals surface area contributed by atoms with Crippen LogP contribution in [0.2, 0.25) is 0 Å². The molecule has 0 aliphatic carbocycles. The summed E-state index contributed by atoms with van der Waals surface area (Å²) < 4.78 is 28.3. The minimum atomic E-state index is -3.36. The number of carbonyl (C=O) groups excluding carboxylic acids is 1. The molecule has 0 saturated heterocycles. The minimum Gasteiger partial charge on any atom is -0.469 e. The highest BCUT2D eigenvalue weighted by molar-refractivity contribution is 7.91. The van der Waals surface area contributed by atoms with Crippen molar-refractivity contribution in [3.63, 3.8) is 0 Å². The molecule has 1 aromatic rings. The number of rotatable bonds is 5. The van der Waals surface area contributed by atoms with Crippen LogP contribution in [0.5, 0.6) is 0 Å². The quantitative estimate of drug-likeness (QED) is 0.759. The molecule has 7 heteroatoms. The zero-order chi connectivity index (χ0) is 13.1. The number of hydrogen-bond donors (Lipinski definition) is 0. The molecule has 0 aliphatic rings. The second kappa shape index (κ2) is 5.59. The van der Waals surface area contributed by atoms with Crippen LogP contribution in [0, 0.1) is 6.92 Å². The maximum atomic E-state index is 11.9.